The first-order chi connectivity index (χ1) is 16.4. The molecule has 0 aromatic heterocycles. The fourth-order valence-electron chi connectivity index (χ4n) is 4.13. The molecule has 0 bridgehead atoms. The number of anilines is 1. The molecule has 34 heavy (non-hydrogen) atoms. The van der Waals surface area contributed by atoms with Crippen LogP contribution in [0.4, 0.5) is 5.69 Å². The first-order valence-electron chi connectivity index (χ1n) is 11.8. The molecule has 0 saturated carbocycles. The Balaban J connectivity index is 1.59. The van der Waals surface area contributed by atoms with Gasteiger partial charge in [0.15, 0.2) is 0 Å². The second-order valence-corrected chi connectivity index (χ2v) is 10.0. The lowest BCUT2D eigenvalue weighted by Crippen LogP contribution is -2.50. The van der Waals surface area contributed by atoms with E-state index in [1.165, 1.54) is 8.61 Å². The number of hydrogen-bond donors (Lipinski definition) is 1. The average molecular weight is 490 g/mol. The van der Waals surface area contributed by atoms with Gasteiger partial charge in [-0.05, 0) is 75.1 Å². The van der Waals surface area contributed by atoms with Crippen LogP contribution in [0.3, 0.4) is 0 Å². The van der Waals surface area contributed by atoms with Crippen LogP contribution in [0.15, 0.2) is 48.5 Å². The Bertz CT molecular complexity index is 1030. The second kappa shape index (κ2) is 12.1. The minimum atomic E-state index is -3.75. The van der Waals surface area contributed by atoms with E-state index >= 15 is 0 Å². The van der Waals surface area contributed by atoms with Gasteiger partial charge in [0.1, 0.15) is 11.5 Å². The molecule has 1 aliphatic heterocycles. The number of rotatable bonds is 11. The van der Waals surface area contributed by atoms with Crippen molar-refractivity contribution in [3.8, 4) is 11.5 Å². The van der Waals surface area contributed by atoms with Crippen LogP contribution in [-0.2, 0) is 21.4 Å². The van der Waals surface area contributed by atoms with Crippen molar-refractivity contribution in [3.63, 3.8) is 0 Å². The molecule has 1 saturated heterocycles. The molecule has 0 aliphatic carbocycles. The zero-order valence-electron chi connectivity index (χ0n) is 20.2. The number of nitrogens with one attached hydrogen (secondary N) is 1. The van der Waals surface area contributed by atoms with Crippen LogP contribution in [-0.4, -0.2) is 58.5 Å². The minimum absolute atomic E-state index is 0.0995. The van der Waals surface area contributed by atoms with Crippen LogP contribution in [0.5, 0.6) is 11.5 Å². The van der Waals surface area contributed by atoms with Crippen molar-refractivity contribution in [1.82, 2.24) is 9.62 Å². The molecule has 1 N–H and O–H groups in total. The van der Waals surface area contributed by atoms with Gasteiger partial charge in [-0.3, -0.25) is 9.10 Å². The van der Waals surface area contributed by atoms with E-state index in [2.05, 4.69) is 5.32 Å². The highest BCUT2D eigenvalue weighted by Crippen LogP contribution is 2.27. The molecule has 0 unspecified atom stereocenters. The number of hydrogen-bond acceptors (Lipinski definition) is 5. The molecule has 2 aromatic rings. The van der Waals surface area contributed by atoms with Crippen molar-refractivity contribution >= 4 is 21.8 Å². The zero-order valence-corrected chi connectivity index (χ0v) is 21.0. The van der Waals surface area contributed by atoms with E-state index in [4.69, 9.17) is 9.47 Å². The van der Waals surface area contributed by atoms with Gasteiger partial charge in [-0.25, -0.2) is 0 Å². The molecule has 1 heterocycles. The summed E-state index contributed by atoms with van der Waals surface area (Å²) in [6.07, 6.45) is 2.03. The SMILES string of the molecule is CCOc1ccc(N(CC)S(=O)(=O)N2CCC[C@@H](C(=O)NCCc3ccc(OC)cc3)C2)cc1. The van der Waals surface area contributed by atoms with Gasteiger partial charge in [0.2, 0.25) is 5.91 Å². The van der Waals surface area contributed by atoms with E-state index in [1.807, 2.05) is 31.2 Å². The van der Waals surface area contributed by atoms with Gasteiger partial charge >= 0.3 is 10.2 Å². The van der Waals surface area contributed by atoms with Crippen molar-refractivity contribution in [2.75, 3.05) is 44.2 Å². The highest BCUT2D eigenvalue weighted by atomic mass is 32.2. The quantitative estimate of drug-likeness (QED) is 0.524. The van der Waals surface area contributed by atoms with Crippen molar-refractivity contribution < 1.29 is 22.7 Å². The molecule has 1 atom stereocenters. The predicted octanol–water partition coefficient (Wildman–Crippen LogP) is 3.24. The van der Waals surface area contributed by atoms with Crippen LogP contribution in [0.25, 0.3) is 0 Å². The fourth-order valence-corrected chi connectivity index (χ4v) is 5.85. The van der Waals surface area contributed by atoms with Gasteiger partial charge in [0.05, 0.1) is 25.3 Å². The molecular weight excluding hydrogens is 454 g/mol. The summed E-state index contributed by atoms with van der Waals surface area (Å²) >= 11 is 0. The van der Waals surface area contributed by atoms with E-state index in [1.54, 1.807) is 38.3 Å². The summed E-state index contributed by atoms with van der Waals surface area (Å²) in [6, 6.07) is 14.8. The first kappa shape index (κ1) is 25.8. The minimum Gasteiger partial charge on any atom is -0.497 e. The van der Waals surface area contributed by atoms with Crippen molar-refractivity contribution in [2.24, 2.45) is 5.92 Å². The van der Waals surface area contributed by atoms with Crippen LogP contribution in [0.2, 0.25) is 0 Å². The summed E-state index contributed by atoms with van der Waals surface area (Å²) in [5, 5.41) is 2.98. The van der Waals surface area contributed by atoms with Gasteiger partial charge in [-0.1, -0.05) is 12.1 Å². The average Bonchev–Trinajstić information content (AvgIpc) is 2.86. The second-order valence-electron chi connectivity index (χ2n) is 8.19. The van der Waals surface area contributed by atoms with Crippen molar-refractivity contribution in [2.45, 2.75) is 33.1 Å². The zero-order chi connectivity index (χ0) is 24.6. The first-order valence-corrected chi connectivity index (χ1v) is 13.2. The van der Waals surface area contributed by atoms with Gasteiger partial charge < -0.3 is 14.8 Å². The Morgan fingerprint density at radius 3 is 2.38 bits per heavy atom. The Labute approximate surface area is 203 Å². The summed E-state index contributed by atoms with van der Waals surface area (Å²) in [5.74, 6) is 1.03. The fraction of sp³-hybridized carbons (Fsp3) is 0.480. The topological polar surface area (TPSA) is 88.2 Å². The lowest BCUT2D eigenvalue weighted by Gasteiger charge is -2.35. The van der Waals surface area contributed by atoms with Crippen LogP contribution >= 0.6 is 0 Å². The third kappa shape index (κ3) is 6.42. The number of carbonyl (C=O) groups excluding carboxylic acids is 1. The number of methoxy groups -OCH3 is 1. The Morgan fingerprint density at radius 1 is 1.09 bits per heavy atom. The summed E-state index contributed by atoms with van der Waals surface area (Å²) in [7, 11) is -2.13. The normalized spacial score (nSPS) is 16.6. The molecule has 1 amide bonds. The van der Waals surface area contributed by atoms with Gasteiger partial charge in [0.25, 0.3) is 0 Å². The lowest BCUT2D eigenvalue weighted by atomic mass is 9.99. The van der Waals surface area contributed by atoms with Gasteiger partial charge in [-0.15, -0.1) is 0 Å². The van der Waals surface area contributed by atoms with Crippen LogP contribution in [0.1, 0.15) is 32.3 Å². The number of amides is 1. The molecule has 3 rings (SSSR count). The molecule has 1 fully saturated rings. The summed E-state index contributed by atoms with van der Waals surface area (Å²) in [5.41, 5.74) is 1.68. The van der Waals surface area contributed by atoms with Gasteiger partial charge in [-0.2, -0.15) is 12.7 Å². The largest absolute Gasteiger partial charge is 0.497 e. The molecule has 0 spiro atoms. The molecule has 2 aromatic carbocycles. The van der Waals surface area contributed by atoms with Crippen LogP contribution < -0.4 is 19.1 Å². The smallest absolute Gasteiger partial charge is 0.304 e. The number of piperidine rings is 1. The maximum absolute atomic E-state index is 13.4. The summed E-state index contributed by atoms with van der Waals surface area (Å²) in [6.45, 7) is 5.65. The maximum atomic E-state index is 13.4. The predicted molar refractivity (Wildman–Crippen MR) is 134 cm³/mol. The molecule has 186 valence electrons. The van der Waals surface area contributed by atoms with Crippen molar-refractivity contribution in [3.05, 3.63) is 54.1 Å². The van der Waals surface area contributed by atoms with E-state index in [0.29, 0.717) is 56.9 Å². The number of carbonyl (C=O) groups is 1. The van der Waals surface area contributed by atoms with E-state index in [9.17, 15) is 13.2 Å². The highest BCUT2D eigenvalue weighted by molar-refractivity contribution is 7.90. The Kier molecular flexibility index (Phi) is 9.18. The maximum Gasteiger partial charge on any atom is 0.304 e. The molecule has 1 aliphatic rings. The van der Waals surface area contributed by atoms with E-state index < -0.39 is 10.2 Å². The Morgan fingerprint density at radius 2 is 1.76 bits per heavy atom. The van der Waals surface area contributed by atoms with Crippen molar-refractivity contribution in [1.29, 1.82) is 0 Å². The van der Waals surface area contributed by atoms with E-state index in [-0.39, 0.29) is 18.4 Å². The molecule has 9 heteroatoms. The standard InChI is InChI=1S/C25H35N3O5S/c1-4-28(22-10-14-24(15-11-22)33-5-2)34(30,31)27-18-6-7-21(19-27)25(29)26-17-16-20-8-12-23(32-3)13-9-20/h8-15,21H,4-7,16-19H2,1-3H3,(H,26,29)/t21-/m1/s1. The summed E-state index contributed by atoms with van der Waals surface area (Å²) in [4.78, 5) is 12.8. The third-order valence-electron chi connectivity index (χ3n) is 5.95. The molecular formula is C25H35N3O5S. The monoisotopic (exact) mass is 489 g/mol. The van der Waals surface area contributed by atoms with Crippen LogP contribution in [0, 0.1) is 5.92 Å². The van der Waals surface area contributed by atoms with E-state index in [0.717, 1.165) is 11.3 Å². The molecule has 0 radical (unpaired) electrons. The highest BCUT2D eigenvalue weighted by Gasteiger charge is 2.35. The Hall–Kier alpha value is -2.78. The third-order valence-corrected chi connectivity index (χ3v) is 7.96. The number of benzene rings is 2. The number of ether oxygens (including phenoxy) is 2. The molecule has 8 nitrogen and oxygen atoms in total. The summed E-state index contributed by atoms with van der Waals surface area (Å²) < 4.78 is 40.3. The van der Waals surface area contributed by atoms with Gasteiger partial charge in [0, 0.05) is 26.2 Å². The lowest BCUT2D eigenvalue weighted by molar-refractivity contribution is -0.126. The number of nitrogens with zero attached hydrogens (tertiary/aromatic N) is 2.